The second-order valence-electron chi connectivity index (χ2n) is 6.87. The van der Waals surface area contributed by atoms with E-state index in [-0.39, 0.29) is 12.3 Å². The van der Waals surface area contributed by atoms with Gasteiger partial charge in [0.2, 0.25) is 5.91 Å². The first-order valence-electron chi connectivity index (χ1n) is 9.54. The maximum absolute atomic E-state index is 12.3. The fourth-order valence-electron chi connectivity index (χ4n) is 2.91. The van der Waals surface area contributed by atoms with Crippen molar-refractivity contribution in [1.29, 1.82) is 0 Å². The predicted octanol–water partition coefficient (Wildman–Crippen LogP) is 6.41. The van der Waals surface area contributed by atoms with Crippen LogP contribution in [0, 0.1) is 0 Å². The number of hydrogen-bond acceptors (Lipinski definition) is 4. The summed E-state index contributed by atoms with van der Waals surface area (Å²) in [6, 6.07) is 23.8. The van der Waals surface area contributed by atoms with E-state index in [0.717, 1.165) is 22.4 Å². The molecule has 0 bridgehead atoms. The summed E-state index contributed by atoms with van der Waals surface area (Å²) in [5.74, 6) is 1.45. The number of benzene rings is 3. The normalized spacial score (nSPS) is 10.6. The number of ether oxygens (including phenoxy) is 1. The highest BCUT2D eigenvalue weighted by Crippen LogP contribution is 2.24. The first-order valence-corrected chi connectivity index (χ1v) is 10.3. The smallest absolute Gasteiger partial charge is 0.230 e. The van der Waals surface area contributed by atoms with Crippen LogP contribution in [0.4, 0.5) is 5.82 Å². The monoisotopic (exact) mass is 452 g/mol. The average Bonchev–Trinajstić information content (AvgIpc) is 3.23. The Labute approximate surface area is 189 Å². The van der Waals surface area contributed by atoms with E-state index in [1.807, 2.05) is 60.7 Å². The Bertz CT molecular complexity index is 1150. The Hall–Kier alpha value is -3.28. The number of carbonyl (C=O) groups excluding carboxylic acids is 1. The second kappa shape index (κ2) is 9.69. The van der Waals surface area contributed by atoms with Crippen LogP contribution in [0.1, 0.15) is 11.1 Å². The van der Waals surface area contributed by atoms with E-state index in [1.54, 1.807) is 18.2 Å². The van der Waals surface area contributed by atoms with Crippen LogP contribution in [0.25, 0.3) is 11.3 Å². The molecule has 0 spiro atoms. The highest BCUT2D eigenvalue weighted by Gasteiger charge is 2.10. The zero-order valence-corrected chi connectivity index (χ0v) is 17.9. The third-order valence-electron chi connectivity index (χ3n) is 4.51. The summed E-state index contributed by atoms with van der Waals surface area (Å²) in [5, 5.41) is 7.98. The molecule has 5 nitrogen and oxygen atoms in total. The molecule has 3 aromatic carbocycles. The van der Waals surface area contributed by atoms with Crippen LogP contribution >= 0.6 is 23.2 Å². The van der Waals surface area contributed by atoms with Crippen LogP contribution in [0.15, 0.2) is 83.4 Å². The van der Waals surface area contributed by atoms with Crippen LogP contribution in [0.5, 0.6) is 5.75 Å². The Morgan fingerprint density at radius 2 is 1.48 bits per heavy atom. The molecule has 4 rings (SSSR count). The van der Waals surface area contributed by atoms with E-state index in [0.29, 0.717) is 28.2 Å². The molecule has 0 fully saturated rings. The molecule has 0 unspecified atom stereocenters. The number of rotatable bonds is 7. The molecule has 0 aliphatic carbocycles. The lowest BCUT2D eigenvalue weighted by Gasteiger charge is -2.07. The minimum Gasteiger partial charge on any atom is -0.489 e. The van der Waals surface area contributed by atoms with E-state index < -0.39 is 0 Å². The van der Waals surface area contributed by atoms with E-state index in [9.17, 15) is 4.79 Å². The molecule has 1 aromatic heterocycles. The number of nitrogens with zero attached hydrogens (tertiary/aromatic N) is 1. The number of aromatic nitrogens is 1. The quantitative estimate of drug-likeness (QED) is 0.351. The van der Waals surface area contributed by atoms with Crippen LogP contribution in [0.2, 0.25) is 10.0 Å². The van der Waals surface area contributed by atoms with Gasteiger partial charge in [-0.25, -0.2) is 0 Å². The number of halogens is 2. The van der Waals surface area contributed by atoms with Crippen molar-refractivity contribution >= 4 is 34.9 Å². The zero-order valence-electron chi connectivity index (χ0n) is 16.3. The average molecular weight is 453 g/mol. The molecule has 0 aliphatic heterocycles. The van der Waals surface area contributed by atoms with Gasteiger partial charge in [-0.1, -0.05) is 52.6 Å². The lowest BCUT2D eigenvalue weighted by atomic mass is 10.1. The van der Waals surface area contributed by atoms with Gasteiger partial charge in [0.25, 0.3) is 0 Å². The first kappa shape index (κ1) is 21.0. The van der Waals surface area contributed by atoms with Gasteiger partial charge in [-0.05, 0) is 59.7 Å². The van der Waals surface area contributed by atoms with Crippen molar-refractivity contribution in [1.82, 2.24) is 5.16 Å². The molecular formula is C24H18Cl2N2O3. The van der Waals surface area contributed by atoms with Gasteiger partial charge in [-0.3, -0.25) is 4.79 Å². The van der Waals surface area contributed by atoms with Crippen molar-refractivity contribution in [2.45, 2.75) is 13.0 Å². The van der Waals surface area contributed by atoms with Crippen molar-refractivity contribution in [2.75, 3.05) is 5.32 Å². The Morgan fingerprint density at radius 3 is 2.16 bits per heavy atom. The highest BCUT2D eigenvalue weighted by atomic mass is 35.5. The zero-order chi connectivity index (χ0) is 21.6. The standard InChI is InChI=1S/C24H18Cl2N2O3/c25-19-7-1-17(2-8-19)15-30-21-11-3-16(4-12-21)13-24(29)27-23-14-22(31-28-23)18-5-9-20(26)10-6-18/h1-12,14H,13,15H2,(H,27,28,29). The van der Waals surface area contributed by atoms with Crippen molar-refractivity contribution in [3.63, 3.8) is 0 Å². The number of carbonyl (C=O) groups is 1. The molecule has 0 saturated heterocycles. The lowest BCUT2D eigenvalue weighted by Crippen LogP contribution is -2.14. The largest absolute Gasteiger partial charge is 0.489 e. The highest BCUT2D eigenvalue weighted by molar-refractivity contribution is 6.30. The molecule has 31 heavy (non-hydrogen) atoms. The van der Waals surface area contributed by atoms with E-state index in [1.165, 1.54) is 0 Å². The van der Waals surface area contributed by atoms with Gasteiger partial charge < -0.3 is 14.6 Å². The molecule has 0 aliphatic rings. The summed E-state index contributed by atoms with van der Waals surface area (Å²) in [6.07, 6.45) is 0.209. The van der Waals surface area contributed by atoms with Crippen molar-refractivity contribution in [3.05, 3.63) is 100 Å². The van der Waals surface area contributed by atoms with Gasteiger partial charge in [0.15, 0.2) is 11.6 Å². The van der Waals surface area contributed by atoms with Crippen molar-refractivity contribution in [2.24, 2.45) is 0 Å². The number of hydrogen-bond donors (Lipinski definition) is 1. The minimum atomic E-state index is -0.189. The maximum Gasteiger partial charge on any atom is 0.230 e. The fraction of sp³-hybridized carbons (Fsp3) is 0.0833. The van der Waals surface area contributed by atoms with Crippen LogP contribution < -0.4 is 10.1 Å². The number of amides is 1. The summed E-state index contributed by atoms with van der Waals surface area (Å²) in [6.45, 7) is 0.444. The van der Waals surface area contributed by atoms with Crippen molar-refractivity contribution < 1.29 is 14.1 Å². The Kier molecular flexibility index (Phi) is 6.55. The topological polar surface area (TPSA) is 64.4 Å². The molecule has 0 saturated carbocycles. The van der Waals surface area contributed by atoms with Gasteiger partial charge in [0, 0.05) is 21.7 Å². The third-order valence-corrected chi connectivity index (χ3v) is 5.02. The second-order valence-corrected chi connectivity index (χ2v) is 7.74. The van der Waals surface area contributed by atoms with Crippen molar-refractivity contribution in [3.8, 4) is 17.1 Å². The molecule has 1 amide bonds. The van der Waals surface area contributed by atoms with Crippen LogP contribution in [-0.2, 0) is 17.8 Å². The predicted molar refractivity (Wildman–Crippen MR) is 122 cm³/mol. The van der Waals surface area contributed by atoms with Crippen LogP contribution in [0.3, 0.4) is 0 Å². The van der Waals surface area contributed by atoms with Gasteiger partial charge >= 0.3 is 0 Å². The van der Waals surface area contributed by atoms with E-state index in [2.05, 4.69) is 10.5 Å². The number of nitrogens with one attached hydrogen (secondary N) is 1. The van der Waals surface area contributed by atoms with Crippen LogP contribution in [-0.4, -0.2) is 11.1 Å². The summed E-state index contributed by atoms with van der Waals surface area (Å²) < 4.78 is 11.1. The SMILES string of the molecule is O=C(Cc1ccc(OCc2ccc(Cl)cc2)cc1)Nc1cc(-c2ccc(Cl)cc2)on1. The lowest BCUT2D eigenvalue weighted by molar-refractivity contribution is -0.115. The molecule has 1 heterocycles. The minimum absolute atomic E-state index is 0.189. The van der Waals surface area contributed by atoms with Gasteiger partial charge in [0.1, 0.15) is 12.4 Å². The first-order chi connectivity index (χ1) is 15.0. The molecule has 1 N–H and O–H groups in total. The number of anilines is 1. The molecule has 0 atom stereocenters. The molecule has 4 aromatic rings. The van der Waals surface area contributed by atoms with Gasteiger partial charge in [-0.15, -0.1) is 0 Å². The van der Waals surface area contributed by atoms with Gasteiger partial charge in [-0.2, -0.15) is 0 Å². The summed E-state index contributed by atoms with van der Waals surface area (Å²) in [7, 11) is 0. The van der Waals surface area contributed by atoms with E-state index >= 15 is 0 Å². The molecule has 0 radical (unpaired) electrons. The summed E-state index contributed by atoms with van der Waals surface area (Å²) >= 11 is 11.8. The summed E-state index contributed by atoms with van der Waals surface area (Å²) in [5.41, 5.74) is 2.71. The third kappa shape index (κ3) is 5.87. The molecular weight excluding hydrogens is 435 g/mol. The molecule has 7 heteroatoms. The maximum atomic E-state index is 12.3. The Balaban J connectivity index is 1.29. The Morgan fingerprint density at radius 1 is 0.871 bits per heavy atom. The summed E-state index contributed by atoms with van der Waals surface area (Å²) in [4.78, 5) is 12.3. The van der Waals surface area contributed by atoms with Gasteiger partial charge in [0.05, 0.1) is 6.42 Å². The fourth-order valence-corrected chi connectivity index (χ4v) is 3.16. The van der Waals surface area contributed by atoms with E-state index in [4.69, 9.17) is 32.5 Å². The molecule has 156 valence electrons.